The lowest BCUT2D eigenvalue weighted by Gasteiger charge is -2.60. The van der Waals surface area contributed by atoms with Gasteiger partial charge < -0.3 is 34.8 Å². The van der Waals surface area contributed by atoms with E-state index in [0.717, 1.165) is 10.9 Å². The average molecular weight is 680 g/mol. The average Bonchev–Trinajstić information content (AvgIpc) is 3.11. The normalized spacial score (nSPS) is 22.6. The number of methoxy groups -OCH3 is 3. The molecule has 12 nitrogen and oxygen atoms in total. The number of fused-ring (bicyclic) bond motifs is 8. The summed E-state index contributed by atoms with van der Waals surface area (Å²) in [5, 5.41) is 48.9. The number of aliphatic hydroxyl groups excluding tert-OH is 1. The molecule has 1 amide bonds. The highest BCUT2D eigenvalue weighted by Gasteiger charge is 2.57. The number of pyridine rings is 1. The topological polar surface area (TPSA) is 161 Å². The van der Waals surface area contributed by atoms with E-state index in [1.165, 1.54) is 7.11 Å². The van der Waals surface area contributed by atoms with Gasteiger partial charge in [0.15, 0.2) is 11.5 Å². The monoisotopic (exact) mass is 679 g/mol. The van der Waals surface area contributed by atoms with E-state index < -0.39 is 36.7 Å². The number of para-hydroxylation sites is 1. The first-order chi connectivity index (χ1) is 24.1. The van der Waals surface area contributed by atoms with Crippen molar-refractivity contribution in [1.29, 1.82) is 5.26 Å². The molecule has 260 valence electrons. The van der Waals surface area contributed by atoms with Crippen LogP contribution in [-0.4, -0.2) is 89.1 Å². The van der Waals surface area contributed by atoms with Crippen LogP contribution in [0.1, 0.15) is 61.5 Å². The molecular weight excluding hydrogens is 638 g/mol. The third kappa shape index (κ3) is 4.75. The molecule has 4 aromatic rings. The number of hydrogen-bond acceptors (Lipinski definition) is 11. The van der Waals surface area contributed by atoms with Crippen molar-refractivity contribution in [2.75, 3.05) is 34.9 Å². The largest absolute Gasteiger partial charge is 0.507 e. The van der Waals surface area contributed by atoms with Gasteiger partial charge in [-0.3, -0.25) is 14.6 Å². The van der Waals surface area contributed by atoms with Gasteiger partial charge in [0.1, 0.15) is 29.0 Å². The fourth-order valence-corrected chi connectivity index (χ4v) is 8.90. The molecule has 1 fully saturated rings. The molecule has 50 heavy (non-hydrogen) atoms. The van der Waals surface area contributed by atoms with E-state index in [4.69, 9.17) is 14.2 Å². The Morgan fingerprint density at radius 1 is 0.940 bits per heavy atom. The second kappa shape index (κ2) is 12.7. The predicted octanol–water partition coefficient (Wildman–Crippen LogP) is 3.98. The van der Waals surface area contributed by atoms with E-state index in [9.17, 15) is 25.4 Å². The van der Waals surface area contributed by atoms with Crippen molar-refractivity contribution in [3.8, 4) is 34.8 Å². The molecular formula is C38H41N5O7. The van der Waals surface area contributed by atoms with Crippen LogP contribution in [0.25, 0.3) is 10.9 Å². The number of nitriles is 1. The number of aliphatic hydroxyl groups is 1. The van der Waals surface area contributed by atoms with Gasteiger partial charge in [0.25, 0.3) is 5.91 Å². The molecule has 1 saturated heterocycles. The number of ether oxygens (including phenoxy) is 3. The minimum atomic E-state index is -0.714. The Bertz CT molecular complexity index is 2080. The number of nitrogens with zero attached hydrogens (tertiary/aromatic N) is 4. The standard InChI is InChI=1S/C38H41N5O7/c1-18-23(17-44)33(45)30-21(35(18)48-4)14-27-32-31-22(36(49-5)19(2)37(50-6)34(31)46)13-26(42(32)3)28(15-39)43(27)29(30)16-40-38(47)25-12-11-20-9-7-8-10-24(20)41-25/h7-12,26-29,32,44-46H,13-14,16-17H2,1-6H3,(H,40,47)/t26-,27-,28-,29-,32+/m0/s1. The summed E-state index contributed by atoms with van der Waals surface area (Å²) in [5.74, 6) is 0.978. The number of phenolic OH excluding ortho intramolecular Hbond substituents is 1. The third-order valence-electron chi connectivity index (χ3n) is 11.1. The van der Waals surface area contributed by atoms with Gasteiger partial charge in [-0.25, -0.2) is 4.98 Å². The number of piperazine rings is 1. The minimum absolute atomic E-state index is 0.0161. The van der Waals surface area contributed by atoms with Gasteiger partial charge in [-0.1, -0.05) is 24.3 Å². The van der Waals surface area contributed by atoms with Crippen molar-refractivity contribution >= 4 is 16.8 Å². The second-order valence-electron chi connectivity index (χ2n) is 13.3. The third-order valence-corrected chi connectivity index (χ3v) is 11.1. The molecule has 0 saturated carbocycles. The highest BCUT2D eigenvalue weighted by molar-refractivity contribution is 5.94. The SMILES string of the molecule is COc1c(C)c(OC)c2c(c1O)[C@H]1[C@@H]3Cc4c(OC)c(C)c(CO)c(O)c4[C@H](CNC(=O)c4ccc5ccccc5n4)N3[C@@H](C#N)[C@H](C2)N1C. The molecule has 3 aromatic carbocycles. The molecule has 1 aromatic heterocycles. The maximum Gasteiger partial charge on any atom is 0.269 e. The van der Waals surface area contributed by atoms with Gasteiger partial charge in [-0.05, 0) is 45.9 Å². The molecule has 12 heteroatoms. The number of benzene rings is 3. The summed E-state index contributed by atoms with van der Waals surface area (Å²) >= 11 is 0. The number of likely N-dealkylation sites (N-methyl/N-ethyl adjacent to an activating group) is 1. The van der Waals surface area contributed by atoms with Crippen LogP contribution in [0.15, 0.2) is 36.4 Å². The Balaban J connectivity index is 1.41. The number of nitrogens with one attached hydrogen (secondary N) is 1. The van der Waals surface area contributed by atoms with Gasteiger partial charge in [-0.2, -0.15) is 5.26 Å². The highest BCUT2D eigenvalue weighted by atomic mass is 16.5. The number of aromatic hydroxyl groups is 2. The van der Waals surface area contributed by atoms with E-state index >= 15 is 0 Å². The van der Waals surface area contributed by atoms with E-state index in [1.54, 1.807) is 27.2 Å². The summed E-state index contributed by atoms with van der Waals surface area (Å²) < 4.78 is 17.6. The fourth-order valence-electron chi connectivity index (χ4n) is 8.90. The Kier molecular flexibility index (Phi) is 8.46. The predicted molar refractivity (Wildman–Crippen MR) is 185 cm³/mol. The Labute approximate surface area is 290 Å². The molecule has 7 rings (SSSR count). The number of hydrogen-bond donors (Lipinski definition) is 4. The summed E-state index contributed by atoms with van der Waals surface area (Å²) in [6.45, 7) is 3.22. The summed E-state index contributed by atoms with van der Waals surface area (Å²) in [4.78, 5) is 22.5. The summed E-state index contributed by atoms with van der Waals surface area (Å²) in [6.07, 6.45) is 0.746. The number of amides is 1. The molecule has 4 N–H and O–H groups in total. The molecule has 0 aliphatic carbocycles. The maximum atomic E-state index is 13.7. The highest BCUT2D eigenvalue weighted by Crippen LogP contribution is 2.58. The quantitative estimate of drug-likeness (QED) is 0.224. The van der Waals surface area contributed by atoms with Crippen LogP contribution in [0, 0.1) is 25.2 Å². The molecule has 3 aliphatic rings. The van der Waals surface area contributed by atoms with Gasteiger partial charge in [-0.15, -0.1) is 0 Å². The van der Waals surface area contributed by atoms with E-state index in [1.807, 2.05) is 44.3 Å². The fraction of sp³-hybridized carbons (Fsp3) is 0.395. The van der Waals surface area contributed by atoms with E-state index in [0.29, 0.717) is 69.0 Å². The number of phenols is 2. The first-order valence-electron chi connectivity index (χ1n) is 16.6. The van der Waals surface area contributed by atoms with Gasteiger partial charge in [0.05, 0.1) is 51.6 Å². The van der Waals surface area contributed by atoms with Crippen molar-refractivity contribution in [3.05, 3.63) is 81.0 Å². The van der Waals surface area contributed by atoms with E-state index in [-0.39, 0.29) is 29.8 Å². The molecule has 5 atom stereocenters. The van der Waals surface area contributed by atoms with Crippen molar-refractivity contribution in [2.24, 2.45) is 0 Å². The van der Waals surface area contributed by atoms with Crippen LogP contribution in [0.5, 0.6) is 28.7 Å². The van der Waals surface area contributed by atoms with Crippen LogP contribution in [0.2, 0.25) is 0 Å². The van der Waals surface area contributed by atoms with E-state index in [2.05, 4.69) is 26.2 Å². The van der Waals surface area contributed by atoms with Crippen molar-refractivity contribution in [1.82, 2.24) is 20.1 Å². The lowest BCUT2D eigenvalue weighted by atomic mass is 9.71. The first kappa shape index (κ1) is 33.4. The van der Waals surface area contributed by atoms with Crippen LogP contribution in [0.3, 0.4) is 0 Å². The molecule has 3 aliphatic heterocycles. The lowest BCUT2D eigenvalue weighted by Crippen LogP contribution is -2.68. The Morgan fingerprint density at radius 2 is 1.60 bits per heavy atom. The summed E-state index contributed by atoms with van der Waals surface area (Å²) in [6, 6.07) is 11.0. The molecule has 0 spiro atoms. The van der Waals surface area contributed by atoms with Gasteiger partial charge >= 0.3 is 0 Å². The maximum absolute atomic E-state index is 13.7. The Hall–Kier alpha value is -5.09. The molecule has 0 unspecified atom stereocenters. The number of aromatic nitrogens is 1. The van der Waals surface area contributed by atoms with Gasteiger partial charge in [0, 0.05) is 63.0 Å². The van der Waals surface area contributed by atoms with Crippen LogP contribution in [-0.2, 0) is 19.4 Å². The van der Waals surface area contributed by atoms with Crippen molar-refractivity contribution < 1.29 is 34.3 Å². The minimum Gasteiger partial charge on any atom is -0.507 e. The first-order valence-corrected chi connectivity index (χ1v) is 16.6. The molecule has 2 bridgehead atoms. The lowest BCUT2D eigenvalue weighted by molar-refractivity contribution is -0.0724. The van der Waals surface area contributed by atoms with Crippen LogP contribution >= 0.6 is 0 Å². The second-order valence-corrected chi connectivity index (χ2v) is 13.3. The molecule has 0 radical (unpaired) electrons. The number of carbonyl (C=O) groups excluding carboxylic acids is 1. The van der Waals surface area contributed by atoms with Crippen molar-refractivity contribution in [3.63, 3.8) is 0 Å². The summed E-state index contributed by atoms with van der Waals surface area (Å²) in [7, 11) is 6.62. The zero-order chi connectivity index (χ0) is 35.6. The van der Waals surface area contributed by atoms with Crippen LogP contribution in [0.4, 0.5) is 0 Å². The zero-order valence-electron chi connectivity index (χ0n) is 28.9. The number of carbonyl (C=O) groups is 1. The summed E-state index contributed by atoms with van der Waals surface area (Å²) in [5.41, 5.74) is 5.22. The van der Waals surface area contributed by atoms with Crippen molar-refractivity contribution in [2.45, 2.75) is 63.5 Å². The zero-order valence-corrected chi connectivity index (χ0v) is 28.9. The smallest absolute Gasteiger partial charge is 0.269 e. The van der Waals surface area contributed by atoms with Gasteiger partial charge in [0.2, 0.25) is 0 Å². The Morgan fingerprint density at radius 3 is 2.28 bits per heavy atom. The molecule has 4 heterocycles. The van der Waals surface area contributed by atoms with Crippen LogP contribution < -0.4 is 19.5 Å². The number of rotatable bonds is 7.